The minimum atomic E-state index is -0.0321. The van der Waals surface area contributed by atoms with Crippen LogP contribution in [-0.4, -0.2) is 9.97 Å². The van der Waals surface area contributed by atoms with Gasteiger partial charge in [-0.2, -0.15) is 0 Å². The van der Waals surface area contributed by atoms with Crippen LogP contribution >= 0.6 is 0 Å². The summed E-state index contributed by atoms with van der Waals surface area (Å²) in [5.41, 5.74) is 4.28. The highest BCUT2D eigenvalue weighted by molar-refractivity contribution is 6.09. The number of hydrogen-bond acceptors (Lipinski definition) is 1. The summed E-state index contributed by atoms with van der Waals surface area (Å²) in [6, 6.07) is 7.85. The summed E-state index contributed by atoms with van der Waals surface area (Å²) in [7, 11) is 0. The van der Waals surface area contributed by atoms with Gasteiger partial charge in [-0.3, -0.25) is 4.79 Å². The van der Waals surface area contributed by atoms with Crippen molar-refractivity contribution in [2.45, 2.75) is 26.7 Å². The van der Waals surface area contributed by atoms with E-state index in [1.165, 1.54) is 5.56 Å². The van der Waals surface area contributed by atoms with E-state index in [1.54, 1.807) is 6.07 Å². The van der Waals surface area contributed by atoms with E-state index in [4.69, 9.17) is 0 Å². The van der Waals surface area contributed by atoms with Gasteiger partial charge in [0, 0.05) is 28.0 Å². The lowest BCUT2D eigenvalue weighted by molar-refractivity contribution is 0.825. The first-order valence-corrected chi connectivity index (χ1v) is 6.22. The van der Waals surface area contributed by atoms with Gasteiger partial charge in [0.2, 0.25) is 5.56 Å². The van der Waals surface area contributed by atoms with Crippen molar-refractivity contribution < 1.29 is 0 Å². The molecule has 0 atom stereocenters. The summed E-state index contributed by atoms with van der Waals surface area (Å²) in [6.07, 6.45) is 0. The summed E-state index contributed by atoms with van der Waals surface area (Å²) >= 11 is 0. The predicted molar refractivity (Wildman–Crippen MR) is 75.3 cm³/mol. The third kappa shape index (κ3) is 1.47. The van der Waals surface area contributed by atoms with Gasteiger partial charge >= 0.3 is 0 Å². The quantitative estimate of drug-likeness (QED) is 0.672. The Labute approximate surface area is 105 Å². The van der Waals surface area contributed by atoms with E-state index in [9.17, 15) is 4.79 Å². The van der Waals surface area contributed by atoms with E-state index in [1.807, 2.05) is 6.07 Å². The second-order valence-electron chi connectivity index (χ2n) is 5.11. The first-order chi connectivity index (χ1) is 8.58. The maximum absolute atomic E-state index is 11.8. The molecule has 0 saturated heterocycles. The van der Waals surface area contributed by atoms with Gasteiger partial charge in [0.25, 0.3) is 0 Å². The molecule has 0 aliphatic carbocycles. The molecule has 92 valence electrons. The molecule has 0 radical (unpaired) electrons. The number of benzene rings is 1. The van der Waals surface area contributed by atoms with Crippen molar-refractivity contribution in [2.24, 2.45) is 0 Å². The summed E-state index contributed by atoms with van der Waals surface area (Å²) in [6.45, 7) is 6.25. The van der Waals surface area contributed by atoms with Crippen LogP contribution in [0.25, 0.3) is 21.8 Å². The molecule has 0 aliphatic rings. The minimum Gasteiger partial charge on any atom is -0.353 e. The molecule has 2 heterocycles. The smallest absolute Gasteiger partial charge is 0.248 e. The summed E-state index contributed by atoms with van der Waals surface area (Å²) < 4.78 is 0. The van der Waals surface area contributed by atoms with Gasteiger partial charge in [-0.15, -0.1) is 0 Å². The molecule has 3 aromatic rings. The Kier molecular flexibility index (Phi) is 2.30. The second-order valence-corrected chi connectivity index (χ2v) is 5.11. The molecule has 0 fully saturated rings. The van der Waals surface area contributed by atoms with Gasteiger partial charge in [-0.25, -0.2) is 0 Å². The number of rotatable bonds is 1. The highest BCUT2D eigenvalue weighted by atomic mass is 16.1. The summed E-state index contributed by atoms with van der Waals surface area (Å²) in [5, 5.41) is 2.18. The normalized spacial score (nSPS) is 11.8. The van der Waals surface area contributed by atoms with E-state index >= 15 is 0 Å². The Bertz CT molecular complexity index is 793. The average molecular weight is 240 g/mol. The van der Waals surface area contributed by atoms with Crippen LogP contribution in [0.5, 0.6) is 0 Å². The monoisotopic (exact) mass is 240 g/mol. The van der Waals surface area contributed by atoms with Crippen molar-refractivity contribution in [2.75, 3.05) is 0 Å². The largest absolute Gasteiger partial charge is 0.353 e. The number of fused-ring (bicyclic) bond motifs is 3. The van der Waals surface area contributed by atoms with Crippen molar-refractivity contribution in [3.8, 4) is 0 Å². The first-order valence-electron chi connectivity index (χ1n) is 6.22. The third-order valence-corrected chi connectivity index (χ3v) is 3.45. The Hall–Kier alpha value is -2.03. The molecule has 3 nitrogen and oxygen atoms in total. The molecular weight excluding hydrogens is 224 g/mol. The van der Waals surface area contributed by atoms with Crippen LogP contribution in [0.3, 0.4) is 0 Å². The average Bonchev–Trinajstić information content (AvgIpc) is 2.67. The van der Waals surface area contributed by atoms with Gasteiger partial charge in [0.1, 0.15) is 0 Å². The lowest BCUT2D eigenvalue weighted by Crippen LogP contribution is -2.08. The molecule has 0 spiro atoms. The zero-order valence-electron chi connectivity index (χ0n) is 10.8. The Morgan fingerprint density at radius 2 is 1.94 bits per heavy atom. The lowest BCUT2D eigenvalue weighted by Gasteiger charge is -2.06. The predicted octanol–water partition coefficient (Wildman–Crippen LogP) is 3.44. The van der Waals surface area contributed by atoms with E-state index in [0.29, 0.717) is 0 Å². The van der Waals surface area contributed by atoms with E-state index < -0.39 is 0 Å². The fraction of sp³-hybridized carbons (Fsp3) is 0.267. The van der Waals surface area contributed by atoms with Crippen molar-refractivity contribution >= 4 is 21.8 Å². The van der Waals surface area contributed by atoms with Crippen LogP contribution < -0.4 is 5.56 Å². The van der Waals surface area contributed by atoms with Crippen molar-refractivity contribution in [1.29, 1.82) is 0 Å². The number of aryl methyl sites for hydroxylation is 1. The Balaban J connectivity index is 2.59. The molecule has 0 unspecified atom stereocenters. The fourth-order valence-corrected chi connectivity index (χ4v) is 2.61. The number of aromatic nitrogens is 2. The number of aromatic amines is 2. The topological polar surface area (TPSA) is 48.6 Å². The van der Waals surface area contributed by atoms with E-state index in [2.05, 4.69) is 42.9 Å². The number of hydrogen-bond donors (Lipinski definition) is 2. The highest BCUT2D eigenvalue weighted by Gasteiger charge is 2.13. The fourth-order valence-electron chi connectivity index (χ4n) is 2.61. The molecule has 1 aromatic carbocycles. The molecule has 3 heteroatoms. The first kappa shape index (κ1) is 11.1. The summed E-state index contributed by atoms with van der Waals surface area (Å²) in [5.74, 6) is 0.287. The maximum Gasteiger partial charge on any atom is 0.248 e. The minimum absolute atomic E-state index is 0.0321. The molecule has 0 saturated carbocycles. The number of H-pyrrole nitrogens is 2. The van der Waals surface area contributed by atoms with Crippen LogP contribution in [0.2, 0.25) is 0 Å². The van der Waals surface area contributed by atoms with Crippen LogP contribution in [0.15, 0.2) is 29.1 Å². The maximum atomic E-state index is 11.8. The number of pyridine rings is 1. The van der Waals surface area contributed by atoms with Crippen LogP contribution in [0, 0.1) is 6.92 Å². The van der Waals surface area contributed by atoms with E-state index in [-0.39, 0.29) is 11.5 Å². The SMILES string of the molecule is Cc1cccc2[nH]c3c(C(C)C)[nH]c(=O)cc3c12. The molecule has 18 heavy (non-hydrogen) atoms. The van der Waals surface area contributed by atoms with Gasteiger partial charge in [0.15, 0.2) is 0 Å². The highest BCUT2D eigenvalue weighted by Crippen LogP contribution is 2.30. The Morgan fingerprint density at radius 1 is 1.17 bits per heavy atom. The Morgan fingerprint density at radius 3 is 2.67 bits per heavy atom. The van der Waals surface area contributed by atoms with Gasteiger partial charge in [0.05, 0.1) is 5.52 Å². The van der Waals surface area contributed by atoms with Gasteiger partial charge < -0.3 is 9.97 Å². The van der Waals surface area contributed by atoms with Gasteiger partial charge in [-0.05, 0) is 24.5 Å². The van der Waals surface area contributed by atoms with Crippen LogP contribution in [0.1, 0.15) is 31.0 Å². The van der Waals surface area contributed by atoms with Crippen molar-refractivity contribution in [1.82, 2.24) is 9.97 Å². The molecule has 2 N–H and O–H groups in total. The van der Waals surface area contributed by atoms with Gasteiger partial charge in [-0.1, -0.05) is 26.0 Å². The zero-order chi connectivity index (χ0) is 12.9. The van der Waals surface area contributed by atoms with E-state index in [0.717, 1.165) is 27.5 Å². The van der Waals surface area contributed by atoms with Crippen LogP contribution in [0.4, 0.5) is 0 Å². The number of nitrogens with one attached hydrogen (secondary N) is 2. The molecule has 2 aromatic heterocycles. The summed E-state index contributed by atoms with van der Waals surface area (Å²) in [4.78, 5) is 18.2. The molecular formula is C15H16N2O. The standard InChI is InChI=1S/C15H16N2O/c1-8(2)14-15-10(7-12(18)17-14)13-9(3)5-4-6-11(13)16-15/h4-8,16H,1-3H3,(H,17,18). The second kappa shape index (κ2) is 3.73. The third-order valence-electron chi connectivity index (χ3n) is 3.45. The van der Waals surface area contributed by atoms with Crippen molar-refractivity contribution in [3.05, 3.63) is 45.9 Å². The lowest BCUT2D eigenvalue weighted by atomic mass is 10.0. The zero-order valence-corrected chi connectivity index (χ0v) is 10.8. The molecule has 0 aliphatic heterocycles. The van der Waals surface area contributed by atoms with Crippen molar-refractivity contribution in [3.63, 3.8) is 0 Å². The van der Waals surface area contributed by atoms with Crippen LogP contribution in [-0.2, 0) is 0 Å². The molecule has 0 amide bonds. The molecule has 3 rings (SSSR count). The molecule has 0 bridgehead atoms.